The van der Waals surface area contributed by atoms with Gasteiger partial charge in [0.1, 0.15) is 0 Å². The number of carbonyl (C=O) groups is 1. The first-order valence-electron chi connectivity index (χ1n) is 8.00. The molecule has 0 aliphatic carbocycles. The highest BCUT2D eigenvalue weighted by atomic mass is 35.5. The average Bonchev–Trinajstić information content (AvgIpc) is 2.53. The molecule has 0 spiro atoms. The Bertz CT molecular complexity index is 531. The van der Waals surface area contributed by atoms with Gasteiger partial charge in [-0.1, -0.05) is 25.1 Å². The Hall–Kier alpha value is -1.27. The number of rotatable bonds is 5. The van der Waals surface area contributed by atoms with Crippen LogP contribution in [0.2, 0.25) is 0 Å². The molecule has 0 bridgehead atoms. The van der Waals surface area contributed by atoms with E-state index in [9.17, 15) is 18.0 Å². The molecule has 7 heteroatoms. The first-order chi connectivity index (χ1) is 10.9. The fraction of sp³-hybridized carbons (Fsp3) is 0.588. The standard InChI is InChI=1S/C17H23F3N2O.ClH/c1-12(13-6-4-8-21-10-13)9-16(23)22-11-14-5-2-3-7-15(14)17(18,19)20;/h2-3,5,7,12-13,21H,4,6,8-11H2,1H3,(H,22,23);1H. The highest BCUT2D eigenvalue weighted by Crippen LogP contribution is 2.31. The Morgan fingerprint density at radius 2 is 2.08 bits per heavy atom. The Morgan fingerprint density at radius 1 is 1.38 bits per heavy atom. The molecule has 136 valence electrons. The van der Waals surface area contributed by atoms with Crippen molar-refractivity contribution in [3.8, 4) is 0 Å². The first-order valence-corrected chi connectivity index (χ1v) is 8.00. The van der Waals surface area contributed by atoms with Crippen LogP contribution in [0.15, 0.2) is 24.3 Å². The van der Waals surface area contributed by atoms with E-state index in [0.717, 1.165) is 32.0 Å². The summed E-state index contributed by atoms with van der Waals surface area (Å²) >= 11 is 0. The van der Waals surface area contributed by atoms with Crippen molar-refractivity contribution in [2.75, 3.05) is 13.1 Å². The van der Waals surface area contributed by atoms with Gasteiger partial charge in [0, 0.05) is 13.0 Å². The van der Waals surface area contributed by atoms with Crippen molar-refractivity contribution in [3.63, 3.8) is 0 Å². The van der Waals surface area contributed by atoms with Crippen molar-refractivity contribution in [1.29, 1.82) is 0 Å². The number of amides is 1. The van der Waals surface area contributed by atoms with Gasteiger partial charge in [-0.25, -0.2) is 0 Å². The second kappa shape index (κ2) is 9.28. The molecular formula is C17H24ClF3N2O. The van der Waals surface area contributed by atoms with Gasteiger partial charge < -0.3 is 10.6 Å². The third-order valence-corrected chi connectivity index (χ3v) is 4.45. The Morgan fingerprint density at radius 3 is 2.71 bits per heavy atom. The maximum atomic E-state index is 12.9. The highest BCUT2D eigenvalue weighted by molar-refractivity contribution is 5.85. The largest absolute Gasteiger partial charge is 0.416 e. The lowest BCUT2D eigenvalue weighted by Gasteiger charge is -2.28. The summed E-state index contributed by atoms with van der Waals surface area (Å²) in [6.07, 6.45) is -1.85. The van der Waals surface area contributed by atoms with Crippen molar-refractivity contribution in [1.82, 2.24) is 10.6 Å². The van der Waals surface area contributed by atoms with Crippen LogP contribution in [-0.4, -0.2) is 19.0 Å². The zero-order chi connectivity index (χ0) is 16.9. The van der Waals surface area contributed by atoms with Crippen LogP contribution in [0.3, 0.4) is 0 Å². The number of carbonyl (C=O) groups excluding carboxylic acids is 1. The molecule has 0 radical (unpaired) electrons. The minimum atomic E-state index is -4.40. The molecule has 24 heavy (non-hydrogen) atoms. The predicted octanol–water partition coefficient (Wildman–Crippen LogP) is 3.77. The number of piperidine rings is 1. The van der Waals surface area contributed by atoms with Gasteiger partial charge in [-0.15, -0.1) is 12.4 Å². The van der Waals surface area contributed by atoms with E-state index in [4.69, 9.17) is 0 Å². The van der Waals surface area contributed by atoms with E-state index in [1.54, 1.807) is 6.07 Å². The number of hydrogen-bond donors (Lipinski definition) is 2. The maximum Gasteiger partial charge on any atom is 0.416 e. The van der Waals surface area contributed by atoms with Gasteiger partial charge in [0.25, 0.3) is 0 Å². The molecule has 2 rings (SSSR count). The zero-order valence-electron chi connectivity index (χ0n) is 13.7. The topological polar surface area (TPSA) is 41.1 Å². The molecule has 1 saturated heterocycles. The molecule has 2 unspecified atom stereocenters. The third-order valence-electron chi connectivity index (χ3n) is 4.45. The Kier molecular flexibility index (Phi) is 8.03. The van der Waals surface area contributed by atoms with Gasteiger partial charge in [0.15, 0.2) is 0 Å². The average molecular weight is 365 g/mol. The van der Waals surface area contributed by atoms with Gasteiger partial charge in [-0.3, -0.25) is 4.79 Å². The van der Waals surface area contributed by atoms with Crippen LogP contribution >= 0.6 is 12.4 Å². The van der Waals surface area contributed by atoms with Crippen LogP contribution in [-0.2, 0) is 17.5 Å². The molecule has 1 amide bonds. The van der Waals surface area contributed by atoms with Crippen molar-refractivity contribution in [2.24, 2.45) is 11.8 Å². The van der Waals surface area contributed by atoms with Gasteiger partial charge in [-0.2, -0.15) is 13.2 Å². The maximum absolute atomic E-state index is 12.9. The molecular weight excluding hydrogens is 341 g/mol. The lowest BCUT2D eigenvalue weighted by Crippen LogP contribution is -2.35. The molecule has 1 aliphatic heterocycles. The molecule has 2 atom stereocenters. The number of benzene rings is 1. The fourth-order valence-electron chi connectivity index (χ4n) is 3.04. The lowest BCUT2D eigenvalue weighted by atomic mass is 9.85. The van der Waals surface area contributed by atoms with Crippen LogP contribution in [0.5, 0.6) is 0 Å². The molecule has 1 aromatic carbocycles. The van der Waals surface area contributed by atoms with E-state index in [1.165, 1.54) is 12.1 Å². The van der Waals surface area contributed by atoms with Gasteiger partial charge >= 0.3 is 6.18 Å². The first kappa shape index (κ1) is 20.8. The lowest BCUT2D eigenvalue weighted by molar-refractivity contribution is -0.138. The smallest absolute Gasteiger partial charge is 0.352 e. The summed E-state index contributed by atoms with van der Waals surface area (Å²) in [5.41, 5.74) is -0.592. The predicted molar refractivity (Wildman–Crippen MR) is 89.9 cm³/mol. The van der Waals surface area contributed by atoms with Crippen molar-refractivity contribution in [2.45, 2.75) is 38.9 Å². The minimum Gasteiger partial charge on any atom is -0.352 e. The van der Waals surface area contributed by atoms with E-state index in [1.807, 2.05) is 6.92 Å². The van der Waals surface area contributed by atoms with Crippen LogP contribution in [0, 0.1) is 11.8 Å². The summed E-state index contributed by atoms with van der Waals surface area (Å²) in [5.74, 6) is 0.484. The van der Waals surface area contributed by atoms with Crippen LogP contribution in [0.4, 0.5) is 13.2 Å². The van der Waals surface area contributed by atoms with E-state index >= 15 is 0 Å². The van der Waals surface area contributed by atoms with E-state index in [2.05, 4.69) is 10.6 Å². The second-order valence-corrected chi connectivity index (χ2v) is 6.22. The van der Waals surface area contributed by atoms with E-state index < -0.39 is 11.7 Å². The highest BCUT2D eigenvalue weighted by Gasteiger charge is 2.32. The van der Waals surface area contributed by atoms with Crippen LogP contribution in [0.25, 0.3) is 0 Å². The second-order valence-electron chi connectivity index (χ2n) is 6.22. The number of hydrogen-bond acceptors (Lipinski definition) is 2. The molecule has 2 N–H and O–H groups in total. The summed E-state index contributed by atoms with van der Waals surface area (Å²) in [6, 6.07) is 5.34. The monoisotopic (exact) mass is 364 g/mol. The van der Waals surface area contributed by atoms with Crippen LogP contribution < -0.4 is 10.6 Å². The number of nitrogens with one attached hydrogen (secondary N) is 2. The van der Waals surface area contributed by atoms with E-state index in [-0.39, 0.29) is 36.3 Å². The van der Waals surface area contributed by atoms with Crippen molar-refractivity contribution < 1.29 is 18.0 Å². The third kappa shape index (κ3) is 5.98. The molecule has 1 heterocycles. The minimum absolute atomic E-state index is 0. The molecule has 1 aliphatic rings. The molecule has 0 aromatic heterocycles. The summed E-state index contributed by atoms with van der Waals surface area (Å²) < 4.78 is 38.7. The summed E-state index contributed by atoms with van der Waals surface area (Å²) in [4.78, 5) is 12.0. The Labute approximate surface area is 146 Å². The normalized spacial score (nSPS) is 19.2. The van der Waals surface area contributed by atoms with Gasteiger partial charge in [0.2, 0.25) is 5.91 Å². The fourth-order valence-corrected chi connectivity index (χ4v) is 3.04. The van der Waals surface area contributed by atoms with Gasteiger partial charge in [0.05, 0.1) is 5.56 Å². The number of halogens is 4. The molecule has 1 fully saturated rings. The summed E-state index contributed by atoms with van der Waals surface area (Å²) in [7, 11) is 0. The van der Waals surface area contributed by atoms with Crippen molar-refractivity contribution in [3.05, 3.63) is 35.4 Å². The van der Waals surface area contributed by atoms with Crippen LogP contribution in [0.1, 0.15) is 37.3 Å². The number of alkyl halides is 3. The Balaban J connectivity index is 0.00000288. The molecule has 0 saturated carbocycles. The zero-order valence-corrected chi connectivity index (χ0v) is 14.5. The van der Waals surface area contributed by atoms with Crippen molar-refractivity contribution >= 4 is 18.3 Å². The summed E-state index contributed by atoms with van der Waals surface area (Å²) in [6.45, 7) is 3.86. The van der Waals surface area contributed by atoms with E-state index in [0.29, 0.717) is 12.3 Å². The quantitative estimate of drug-likeness (QED) is 0.835. The molecule has 1 aromatic rings. The molecule has 3 nitrogen and oxygen atoms in total. The SMILES string of the molecule is CC(CC(=O)NCc1ccccc1C(F)(F)F)C1CCCNC1.Cl. The van der Waals surface area contributed by atoms with Gasteiger partial charge in [-0.05, 0) is 49.4 Å². The summed E-state index contributed by atoms with van der Waals surface area (Å²) in [5, 5.41) is 5.94.